The van der Waals surface area contributed by atoms with E-state index in [1.165, 1.54) is 11.3 Å². The van der Waals surface area contributed by atoms with Gasteiger partial charge in [0.25, 0.3) is 5.91 Å². The first-order chi connectivity index (χ1) is 10.2. The van der Waals surface area contributed by atoms with E-state index in [1.807, 2.05) is 17.5 Å². The lowest BCUT2D eigenvalue weighted by atomic mass is 9.91. The fraction of sp³-hybridized carbons (Fsp3) is 0.467. The molecule has 0 aromatic carbocycles. The van der Waals surface area contributed by atoms with E-state index in [0.717, 1.165) is 30.6 Å². The summed E-state index contributed by atoms with van der Waals surface area (Å²) in [7, 11) is 1.72. The number of aliphatic hydroxyl groups excluding tert-OH is 1. The van der Waals surface area contributed by atoms with Crippen molar-refractivity contribution in [3.8, 4) is 10.6 Å². The summed E-state index contributed by atoms with van der Waals surface area (Å²) in [5.74, 6) is 0.401. The highest BCUT2D eigenvalue weighted by Crippen LogP contribution is 2.27. The zero-order valence-electron chi connectivity index (χ0n) is 11.9. The van der Waals surface area contributed by atoms with Crippen LogP contribution in [0.2, 0.25) is 0 Å². The molecule has 0 saturated heterocycles. The topological polar surface area (TPSA) is 66.6 Å². The van der Waals surface area contributed by atoms with Crippen molar-refractivity contribution in [1.29, 1.82) is 0 Å². The zero-order chi connectivity index (χ0) is 14.8. The van der Waals surface area contributed by atoms with E-state index in [-0.39, 0.29) is 11.9 Å². The monoisotopic (exact) mass is 306 g/mol. The number of hydrogen-bond acceptors (Lipinski definition) is 5. The summed E-state index contributed by atoms with van der Waals surface area (Å²) in [4.78, 5) is 15.0. The molecular weight excluding hydrogens is 288 g/mol. The van der Waals surface area contributed by atoms with Gasteiger partial charge in [-0.2, -0.15) is 0 Å². The predicted octanol–water partition coefficient (Wildman–Crippen LogP) is 2.78. The third kappa shape index (κ3) is 2.87. The summed E-state index contributed by atoms with van der Waals surface area (Å²) in [6.45, 7) is 0. The van der Waals surface area contributed by atoms with Crippen molar-refractivity contribution in [2.24, 2.45) is 0 Å². The summed E-state index contributed by atoms with van der Waals surface area (Å²) in [6, 6.07) is 5.38. The Bertz CT molecular complexity index is 608. The van der Waals surface area contributed by atoms with E-state index in [9.17, 15) is 9.90 Å². The molecule has 2 atom stereocenters. The minimum atomic E-state index is -0.448. The Morgan fingerprint density at radius 1 is 1.48 bits per heavy atom. The zero-order valence-corrected chi connectivity index (χ0v) is 12.7. The Balaban J connectivity index is 1.75. The van der Waals surface area contributed by atoms with Crippen LogP contribution in [0.1, 0.15) is 36.2 Å². The molecule has 0 radical (unpaired) electrons. The fourth-order valence-corrected chi connectivity index (χ4v) is 3.46. The Kier molecular flexibility index (Phi) is 4.07. The molecule has 1 aliphatic rings. The molecule has 21 heavy (non-hydrogen) atoms. The molecule has 1 fully saturated rings. The van der Waals surface area contributed by atoms with Crippen LogP contribution in [-0.4, -0.2) is 40.3 Å². The quantitative estimate of drug-likeness (QED) is 0.947. The third-order valence-corrected chi connectivity index (χ3v) is 4.89. The van der Waals surface area contributed by atoms with Crippen molar-refractivity contribution in [2.75, 3.05) is 7.05 Å². The van der Waals surface area contributed by atoms with Gasteiger partial charge in [-0.25, -0.2) is 0 Å². The van der Waals surface area contributed by atoms with Crippen LogP contribution in [0.15, 0.2) is 28.1 Å². The molecule has 1 saturated carbocycles. The SMILES string of the molecule is CN(C(=O)c1cc(-c2cccs2)on1)C1CCCCC1O. The molecule has 6 heteroatoms. The van der Waals surface area contributed by atoms with Crippen LogP contribution in [0.25, 0.3) is 10.6 Å². The summed E-state index contributed by atoms with van der Waals surface area (Å²) >= 11 is 1.54. The molecule has 0 spiro atoms. The predicted molar refractivity (Wildman–Crippen MR) is 80.2 cm³/mol. The maximum atomic E-state index is 12.5. The molecule has 0 bridgehead atoms. The van der Waals surface area contributed by atoms with E-state index in [0.29, 0.717) is 11.5 Å². The van der Waals surface area contributed by atoms with Crippen LogP contribution in [0, 0.1) is 0 Å². The van der Waals surface area contributed by atoms with Crippen molar-refractivity contribution < 1.29 is 14.4 Å². The van der Waals surface area contributed by atoms with Gasteiger partial charge in [0.2, 0.25) is 0 Å². The number of amides is 1. The lowest BCUT2D eigenvalue weighted by Gasteiger charge is -2.34. The van der Waals surface area contributed by atoms with Gasteiger partial charge in [0.15, 0.2) is 11.5 Å². The van der Waals surface area contributed by atoms with Gasteiger partial charge in [-0.15, -0.1) is 11.3 Å². The number of thiophene rings is 1. The van der Waals surface area contributed by atoms with Gasteiger partial charge in [0, 0.05) is 13.1 Å². The van der Waals surface area contributed by atoms with Crippen LogP contribution in [0.3, 0.4) is 0 Å². The second kappa shape index (κ2) is 5.99. The number of aromatic nitrogens is 1. The molecular formula is C15H18N2O3S. The summed E-state index contributed by atoms with van der Waals surface area (Å²) in [5, 5.41) is 15.9. The molecule has 1 N–H and O–H groups in total. The van der Waals surface area contributed by atoms with E-state index in [1.54, 1.807) is 18.0 Å². The second-order valence-corrected chi connectivity index (χ2v) is 6.34. The van der Waals surface area contributed by atoms with Crippen LogP contribution in [0.4, 0.5) is 0 Å². The second-order valence-electron chi connectivity index (χ2n) is 5.39. The van der Waals surface area contributed by atoms with E-state index in [4.69, 9.17) is 4.52 Å². The van der Waals surface area contributed by atoms with Gasteiger partial charge in [0.1, 0.15) is 0 Å². The van der Waals surface area contributed by atoms with Crippen molar-refractivity contribution >= 4 is 17.2 Å². The molecule has 2 aromatic rings. The van der Waals surface area contributed by atoms with Crippen LogP contribution >= 0.6 is 11.3 Å². The first-order valence-electron chi connectivity index (χ1n) is 7.12. The highest BCUT2D eigenvalue weighted by atomic mass is 32.1. The highest BCUT2D eigenvalue weighted by Gasteiger charge is 2.31. The summed E-state index contributed by atoms with van der Waals surface area (Å²) in [5.41, 5.74) is 0.290. The maximum absolute atomic E-state index is 12.5. The molecule has 2 heterocycles. The summed E-state index contributed by atoms with van der Waals surface area (Å²) in [6.07, 6.45) is 3.20. The Labute approximate surface area is 127 Å². The lowest BCUT2D eigenvalue weighted by molar-refractivity contribution is 0.0262. The number of nitrogens with zero attached hydrogens (tertiary/aromatic N) is 2. The lowest BCUT2D eigenvalue weighted by Crippen LogP contribution is -2.46. The minimum Gasteiger partial charge on any atom is -0.391 e. The van der Waals surface area contributed by atoms with Crippen molar-refractivity contribution in [3.05, 3.63) is 29.3 Å². The molecule has 0 aliphatic heterocycles. The molecule has 112 valence electrons. The van der Waals surface area contributed by atoms with Crippen molar-refractivity contribution in [1.82, 2.24) is 10.1 Å². The number of hydrogen-bond donors (Lipinski definition) is 1. The smallest absolute Gasteiger partial charge is 0.276 e. The average molecular weight is 306 g/mol. The first kappa shape index (κ1) is 14.3. The molecule has 1 aliphatic carbocycles. The summed E-state index contributed by atoms with van der Waals surface area (Å²) < 4.78 is 5.24. The van der Waals surface area contributed by atoms with Gasteiger partial charge in [0.05, 0.1) is 17.0 Å². The number of carbonyl (C=O) groups excluding carboxylic acids is 1. The Morgan fingerprint density at radius 2 is 2.29 bits per heavy atom. The molecule has 1 amide bonds. The van der Waals surface area contributed by atoms with Crippen molar-refractivity contribution in [3.63, 3.8) is 0 Å². The molecule has 3 rings (SSSR count). The van der Waals surface area contributed by atoms with E-state index >= 15 is 0 Å². The van der Waals surface area contributed by atoms with Gasteiger partial charge in [-0.05, 0) is 24.3 Å². The average Bonchev–Trinajstić information content (AvgIpc) is 3.17. The standard InChI is InChI=1S/C15H18N2O3S/c1-17(11-5-2-3-6-12(11)18)15(19)10-9-13(20-16-10)14-7-4-8-21-14/h4,7-9,11-12,18H,2-3,5-6H2,1H3. The Hall–Kier alpha value is -1.66. The minimum absolute atomic E-state index is 0.131. The highest BCUT2D eigenvalue weighted by molar-refractivity contribution is 7.13. The van der Waals surface area contributed by atoms with E-state index in [2.05, 4.69) is 5.16 Å². The first-order valence-corrected chi connectivity index (χ1v) is 8.00. The van der Waals surface area contributed by atoms with Gasteiger partial charge < -0.3 is 14.5 Å². The molecule has 2 unspecified atom stereocenters. The van der Waals surface area contributed by atoms with Crippen LogP contribution in [-0.2, 0) is 0 Å². The van der Waals surface area contributed by atoms with Crippen molar-refractivity contribution in [2.45, 2.75) is 37.8 Å². The molecule has 5 nitrogen and oxygen atoms in total. The third-order valence-electron chi connectivity index (χ3n) is 4.01. The maximum Gasteiger partial charge on any atom is 0.276 e. The van der Waals surface area contributed by atoms with Gasteiger partial charge in [-0.3, -0.25) is 4.79 Å². The Morgan fingerprint density at radius 3 is 3.00 bits per heavy atom. The number of aliphatic hydroxyl groups is 1. The number of carbonyl (C=O) groups is 1. The molecule has 2 aromatic heterocycles. The van der Waals surface area contributed by atoms with Crippen LogP contribution < -0.4 is 0 Å². The number of rotatable bonds is 3. The van der Waals surface area contributed by atoms with Gasteiger partial charge in [-0.1, -0.05) is 24.1 Å². The van der Waals surface area contributed by atoms with Gasteiger partial charge >= 0.3 is 0 Å². The largest absolute Gasteiger partial charge is 0.391 e. The van der Waals surface area contributed by atoms with E-state index < -0.39 is 6.10 Å². The fourth-order valence-electron chi connectivity index (χ4n) is 2.79. The number of likely N-dealkylation sites (N-methyl/N-ethyl adjacent to an activating group) is 1. The van der Waals surface area contributed by atoms with Crippen LogP contribution in [0.5, 0.6) is 0 Å². The normalized spacial score (nSPS) is 22.2.